The van der Waals surface area contributed by atoms with Crippen LogP contribution in [-0.2, 0) is 31.3 Å². The van der Waals surface area contributed by atoms with Crippen LogP contribution in [0.25, 0.3) is 0 Å². The predicted octanol–water partition coefficient (Wildman–Crippen LogP) is 8.76. The van der Waals surface area contributed by atoms with E-state index in [0.29, 0.717) is 26.1 Å². The zero-order valence-electron chi connectivity index (χ0n) is 22.4. The van der Waals surface area contributed by atoms with Gasteiger partial charge in [-0.2, -0.15) is 0 Å². The Kier molecular flexibility index (Phi) is 16.1. The molecule has 0 N–H and O–H groups in total. The Hall–Kier alpha value is 1.47. The first-order valence-electron chi connectivity index (χ1n) is 11.7. The minimum atomic E-state index is -3.10. The van der Waals surface area contributed by atoms with Gasteiger partial charge in [0.1, 0.15) is 0 Å². The Balaban J connectivity index is 2.30. The molecule has 0 radical (unpaired) electrons. The Morgan fingerprint density at radius 1 is 0.513 bits per heavy atom. The third-order valence-corrected chi connectivity index (χ3v) is 16.3. The third-order valence-electron chi connectivity index (χ3n) is 6.45. The van der Waals surface area contributed by atoms with E-state index in [0.717, 1.165) is 38.0 Å². The van der Waals surface area contributed by atoms with Gasteiger partial charge in [0.15, 0.2) is 0 Å². The Labute approximate surface area is 283 Å². The lowest BCUT2D eigenvalue weighted by molar-refractivity contribution is 0.0826. The van der Waals surface area contributed by atoms with E-state index in [1.165, 1.54) is 0 Å². The van der Waals surface area contributed by atoms with Crippen molar-refractivity contribution in [3.05, 3.63) is 62.2 Å². The number of halogens is 6. The molecule has 2 aromatic rings. The molecule has 15 heteroatoms. The molecule has 0 saturated carbocycles. The number of hydrogen-bond acceptors (Lipinski definition) is 7. The van der Waals surface area contributed by atoms with E-state index < -0.39 is 17.6 Å². The largest absolute Gasteiger partial charge is 0.508 e. The second-order valence-corrected chi connectivity index (χ2v) is 19.8. The van der Waals surface area contributed by atoms with Crippen LogP contribution in [0.1, 0.15) is 35.1 Å². The van der Waals surface area contributed by atoms with Gasteiger partial charge in [-0.1, -0.05) is 95.6 Å². The lowest BCUT2D eigenvalue weighted by Crippen LogP contribution is -2.50. The topological polar surface area (TPSA) is 64.6 Å². The zero-order valence-corrected chi connectivity index (χ0v) is 33.9. The van der Waals surface area contributed by atoms with E-state index >= 15 is 0 Å². The maximum Gasteiger partial charge on any atom is 0.508 e. The van der Waals surface area contributed by atoms with Crippen LogP contribution < -0.4 is 0 Å². The molecule has 7 nitrogen and oxygen atoms in total. The molecule has 2 unspecified atom stereocenters. The minimum absolute atomic E-state index is 0.190. The Bertz CT molecular complexity index is 943. The van der Waals surface area contributed by atoms with Gasteiger partial charge in [0.2, 0.25) is 0 Å². The van der Waals surface area contributed by atoms with Crippen molar-refractivity contribution in [3.63, 3.8) is 0 Å². The van der Waals surface area contributed by atoms with Gasteiger partial charge in [0.05, 0.1) is 11.1 Å². The van der Waals surface area contributed by atoms with E-state index in [9.17, 15) is 0 Å². The van der Waals surface area contributed by atoms with Gasteiger partial charge in [0, 0.05) is 82.7 Å². The molecular weight excluding hydrogens is 936 g/mol. The highest BCUT2D eigenvalue weighted by molar-refractivity contribution is 9.12. The van der Waals surface area contributed by atoms with Crippen LogP contribution >= 0.6 is 95.6 Å². The molecule has 39 heavy (non-hydrogen) atoms. The summed E-state index contributed by atoms with van der Waals surface area (Å²) in [5.74, 6) is 0. The molecule has 0 aliphatic carbocycles. The molecule has 0 spiro atoms. The first kappa shape index (κ1) is 36.7. The predicted molar refractivity (Wildman–Crippen MR) is 178 cm³/mol. The molecule has 0 amide bonds. The number of benzene rings is 2. The van der Waals surface area contributed by atoms with E-state index in [4.69, 9.17) is 31.3 Å². The van der Waals surface area contributed by atoms with Crippen LogP contribution in [0.4, 0.5) is 0 Å². The molecule has 0 saturated heterocycles. The van der Waals surface area contributed by atoms with Gasteiger partial charge in [-0.25, -0.2) is 0 Å². The van der Waals surface area contributed by atoms with Gasteiger partial charge in [-0.15, -0.1) is 0 Å². The van der Waals surface area contributed by atoms with Crippen LogP contribution in [0, 0.1) is 0 Å². The molecular formula is C24H32Br6O7Si2. The van der Waals surface area contributed by atoms with Crippen molar-refractivity contribution < 1.29 is 31.3 Å². The van der Waals surface area contributed by atoms with Crippen LogP contribution in [0.3, 0.4) is 0 Å². The standard InChI is InChI=1S/C24H32Br6O7Si2/c1-31-38(32-2,33-3)21(23-17(27)11-15(25)12-18(23)28)7-9-37-10-8-22(39(34-4,35-5)36-6)24-19(29)13-16(26)14-20(24)30/h11-14,21-22H,7-10H2,1-6H3. The van der Waals surface area contributed by atoms with Crippen molar-refractivity contribution in [2.45, 2.75) is 23.9 Å². The SMILES string of the molecule is CO[Si](OC)(OC)C(CCOCCC(c1c(Br)cc(Br)cc1Br)[Si](OC)(OC)OC)c1c(Br)cc(Br)cc1Br. The summed E-state index contributed by atoms with van der Waals surface area (Å²) >= 11 is 22.0. The van der Waals surface area contributed by atoms with Crippen molar-refractivity contribution in [1.29, 1.82) is 0 Å². The van der Waals surface area contributed by atoms with Crippen molar-refractivity contribution in [1.82, 2.24) is 0 Å². The number of rotatable bonds is 16. The van der Waals surface area contributed by atoms with E-state index in [1.807, 2.05) is 24.3 Å². The van der Waals surface area contributed by atoms with E-state index in [1.54, 1.807) is 42.7 Å². The molecule has 0 aliphatic heterocycles. The highest BCUT2D eigenvalue weighted by Gasteiger charge is 2.50. The maximum atomic E-state index is 6.23. The Morgan fingerprint density at radius 2 is 0.769 bits per heavy atom. The average Bonchev–Trinajstić information content (AvgIpc) is 2.89. The fourth-order valence-corrected chi connectivity index (χ4v) is 16.1. The molecule has 0 aromatic heterocycles. The Morgan fingerprint density at radius 3 is 1.00 bits per heavy atom. The van der Waals surface area contributed by atoms with Crippen molar-refractivity contribution in [3.8, 4) is 0 Å². The van der Waals surface area contributed by atoms with Gasteiger partial charge in [-0.05, 0) is 48.2 Å². The van der Waals surface area contributed by atoms with Gasteiger partial charge >= 0.3 is 17.6 Å². The van der Waals surface area contributed by atoms with E-state index in [-0.39, 0.29) is 11.1 Å². The van der Waals surface area contributed by atoms with Crippen LogP contribution in [0.15, 0.2) is 51.1 Å². The first-order valence-corrected chi connectivity index (χ1v) is 20.0. The van der Waals surface area contributed by atoms with Crippen LogP contribution in [0.2, 0.25) is 0 Å². The van der Waals surface area contributed by atoms with Crippen molar-refractivity contribution in [2.24, 2.45) is 0 Å². The normalized spacial score (nSPS) is 14.1. The zero-order chi connectivity index (χ0) is 29.4. The van der Waals surface area contributed by atoms with Crippen LogP contribution in [-0.4, -0.2) is 73.5 Å². The summed E-state index contributed by atoms with van der Waals surface area (Å²) < 4.78 is 47.2. The lowest BCUT2D eigenvalue weighted by atomic mass is 10.1. The number of hydrogen-bond donors (Lipinski definition) is 0. The average molecular weight is 968 g/mol. The second-order valence-electron chi connectivity index (χ2n) is 8.29. The molecule has 0 heterocycles. The summed E-state index contributed by atoms with van der Waals surface area (Å²) in [5.41, 5.74) is 1.63. The summed E-state index contributed by atoms with van der Waals surface area (Å²) in [7, 11) is 3.54. The second kappa shape index (κ2) is 17.1. The monoisotopic (exact) mass is 962 g/mol. The minimum Gasteiger partial charge on any atom is -0.381 e. The van der Waals surface area contributed by atoms with Gasteiger partial charge in [0.25, 0.3) is 0 Å². The number of ether oxygens (including phenoxy) is 1. The van der Waals surface area contributed by atoms with Crippen molar-refractivity contribution in [2.75, 3.05) is 55.9 Å². The molecule has 0 aliphatic rings. The molecule has 2 rings (SSSR count). The molecule has 2 atom stereocenters. The smallest absolute Gasteiger partial charge is 0.381 e. The summed E-state index contributed by atoms with van der Waals surface area (Å²) in [6, 6.07) is 7.99. The summed E-state index contributed by atoms with van der Waals surface area (Å²) in [5, 5.41) is 0. The molecule has 0 fully saturated rings. The van der Waals surface area contributed by atoms with Gasteiger partial charge < -0.3 is 31.3 Å². The van der Waals surface area contributed by atoms with E-state index in [2.05, 4.69) is 95.6 Å². The lowest BCUT2D eigenvalue weighted by Gasteiger charge is -2.34. The summed E-state index contributed by atoms with van der Waals surface area (Å²) in [6.45, 7) is 0.892. The fourth-order valence-electron chi connectivity index (χ4n) is 4.63. The van der Waals surface area contributed by atoms with Crippen molar-refractivity contribution >= 4 is 113 Å². The third kappa shape index (κ3) is 8.78. The van der Waals surface area contributed by atoms with Crippen LogP contribution in [0.5, 0.6) is 0 Å². The highest BCUT2D eigenvalue weighted by Crippen LogP contribution is 2.43. The first-order chi connectivity index (χ1) is 18.5. The molecule has 2 aromatic carbocycles. The molecule has 220 valence electrons. The fraction of sp³-hybridized carbons (Fsp3) is 0.500. The maximum absolute atomic E-state index is 6.23. The summed E-state index contributed by atoms with van der Waals surface area (Å²) in [6.07, 6.45) is 1.22. The highest BCUT2D eigenvalue weighted by atomic mass is 79.9. The molecule has 0 bridgehead atoms. The van der Waals surface area contributed by atoms with Gasteiger partial charge in [-0.3, -0.25) is 0 Å². The summed E-state index contributed by atoms with van der Waals surface area (Å²) in [4.78, 5) is 0. The quantitative estimate of drug-likeness (QED) is 0.123.